The molecule has 0 radical (unpaired) electrons. The second kappa shape index (κ2) is 8.23. The second-order valence-electron chi connectivity index (χ2n) is 6.27. The van der Waals surface area contributed by atoms with Gasteiger partial charge in [-0.15, -0.1) is 0 Å². The quantitative estimate of drug-likeness (QED) is 0.761. The lowest BCUT2D eigenvalue weighted by Crippen LogP contribution is -2.45. The number of allylic oxidation sites excluding steroid dienone is 1. The van der Waals surface area contributed by atoms with Gasteiger partial charge in [0.15, 0.2) is 0 Å². The maximum atomic E-state index is 12.8. The number of hydrogen-bond donors (Lipinski definition) is 2. The molecule has 26 heavy (non-hydrogen) atoms. The van der Waals surface area contributed by atoms with E-state index in [9.17, 15) is 9.59 Å². The molecule has 0 aromatic heterocycles. The molecule has 1 aromatic carbocycles. The van der Waals surface area contributed by atoms with Crippen LogP contribution in [0.15, 0.2) is 35.5 Å². The van der Waals surface area contributed by atoms with E-state index in [4.69, 9.17) is 14.2 Å². The van der Waals surface area contributed by atoms with Crippen molar-refractivity contribution in [2.75, 3.05) is 19.8 Å². The van der Waals surface area contributed by atoms with Crippen LogP contribution < -0.4 is 15.4 Å². The number of ether oxygens (including phenoxy) is 3. The van der Waals surface area contributed by atoms with Crippen molar-refractivity contribution in [1.82, 2.24) is 10.6 Å². The van der Waals surface area contributed by atoms with E-state index in [0.717, 1.165) is 12.8 Å². The molecule has 0 aliphatic carbocycles. The average molecular weight is 360 g/mol. The van der Waals surface area contributed by atoms with Crippen LogP contribution >= 0.6 is 0 Å². The first kappa shape index (κ1) is 18.3. The summed E-state index contributed by atoms with van der Waals surface area (Å²) in [4.78, 5) is 24.7. The molecule has 2 aliphatic rings. The van der Waals surface area contributed by atoms with Crippen LogP contribution in [0.1, 0.15) is 38.3 Å². The van der Waals surface area contributed by atoms with Crippen molar-refractivity contribution in [2.45, 2.75) is 38.8 Å². The lowest BCUT2D eigenvalue weighted by Gasteiger charge is -2.29. The first-order chi connectivity index (χ1) is 12.6. The van der Waals surface area contributed by atoms with Crippen molar-refractivity contribution in [3.8, 4) is 5.75 Å². The van der Waals surface area contributed by atoms with Crippen molar-refractivity contribution in [3.63, 3.8) is 0 Å². The van der Waals surface area contributed by atoms with Gasteiger partial charge in [-0.3, -0.25) is 0 Å². The Morgan fingerprint density at radius 1 is 1.35 bits per heavy atom. The summed E-state index contributed by atoms with van der Waals surface area (Å²) in [6, 6.07) is 6.35. The third-order valence-electron chi connectivity index (χ3n) is 4.44. The molecule has 7 nitrogen and oxygen atoms in total. The number of rotatable bonds is 6. The minimum absolute atomic E-state index is 0.0554. The number of para-hydroxylation sites is 1. The Balaban J connectivity index is 1.85. The molecule has 2 N–H and O–H groups in total. The third-order valence-corrected chi connectivity index (χ3v) is 4.44. The fourth-order valence-electron chi connectivity index (χ4n) is 3.23. The first-order valence-electron chi connectivity index (χ1n) is 8.89. The highest BCUT2D eigenvalue weighted by Crippen LogP contribution is 2.33. The van der Waals surface area contributed by atoms with Crippen molar-refractivity contribution < 1.29 is 23.8 Å². The van der Waals surface area contributed by atoms with E-state index in [1.54, 1.807) is 6.92 Å². The van der Waals surface area contributed by atoms with Crippen LogP contribution in [0.5, 0.6) is 5.75 Å². The predicted molar refractivity (Wildman–Crippen MR) is 94.7 cm³/mol. The molecule has 1 saturated heterocycles. The Bertz CT molecular complexity index is 710. The third kappa shape index (κ3) is 3.99. The fraction of sp³-hybridized carbons (Fsp3) is 0.474. The molecule has 140 valence electrons. The Hall–Kier alpha value is -2.54. The second-order valence-corrected chi connectivity index (χ2v) is 6.27. The van der Waals surface area contributed by atoms with Crippen LogP contribution in [0.4, 0.5) is 4.79 Å². The first-order valence-corrected chi connectivity index (χ1v) is 8.89. The predicted octanol–water partition coefficient (Wildman–Crippen LogP) is 2.44. The van der Waals surface area contributed by atoms with E-state index in [1.165, 1.54) is 0 Å². The SMILES string of the molecule is CCOc1ccccc1[C@H]1NC(=O)NC(C)=C1C(=O)OC[C@@H]1CCCO1. The van der Waals surface area contributed by atoms with Gasteiger partial charge in [0, 0.05) is 17.9 Å². The molecule has 2 atom stereocenters. The van der Waals surface area contributed by atoms with Gasteiger partial charge in [0.2, 0.25) is 0 Å². The molecule has 0 saturated carbocycles. The topological polar surface area (TPSA) is 85.9 Å². The summed E-state index contributed by atoms with van der Waals surface area (Å²) in [5.74, 6) is 0.154. The summed E-state index contributed by atoms with van der Waals surface area (Å²) in [5.41, 5.74) is 1.56. The van der Waals surface area contributed by atoms with Gasteiger partial charge in [-0.25, -0.2) is 9.59 Å². The number of hydrogen-bond acceptors (Lipinski definition) is 5. The van der Waals surface area contributed by atoms with Crippen LogP contribution in [-0.2, 0) is 14.3 Å². The molecule has 1 fully saturated rings. The van der Waals surface area contributed by atoms with Crippen molar-refractivity contribution in [2.24, 2.45) is 0 Å². The lowest BCUT2D eigenvalue weighted by atomic mass is 9.95. The standard InChI is InChI=1S/C19H24N2O5/c1-3-24-15-9-5-4-8-14(15)17-16(12(2)20-19(23)21-17)18(22)26-11-13-7-6-10-25-13/h4-5,8-9,13,17H,3,6-7,10-11H2,1-2H3,(H2,20,21,23)/t13-,17+/m0/s1. The summed E-state index contributed by atoms with van der Waals surface area (Å²) in [7, 11) is 0. The number of carbonyl (C=O) groups is 2. The number of urea groups is 1. The normalized spacial score (nSPS) is 22.6. The van der Waals surface area contributed by atoms with Gasteiger partial charge < -0.3 is 24.8 Å². The van der Waals surface area contributed by atoms with E-state index in [1.807, 2.05) is 31.2 Å². The smallest absolute Gasteiger partial charge is 0.338 e. The number of esters is 1. The molecular weight excluding hydrogens is 336 g/mol. The molecular formula is C19H24N2O5. The van der Waals surface area contributed by atoms with Crippen LogP contribution in [-0.4, -0.2) is 37.9 Å². The molecule has 2 heterocycles. The van der Waals surface area contributed by atoms with Crippen LogP contribution in [0, 0.1) is 0 Å². The maximum absolute atomic E-state index is 12.8. The minimum atomic E-state index is -0.636. The van der Waals surface area contributed by atoms with E-state index >= 15 is 0 Å². The van der Waals surface area contributed by atoms with Gasteiger partial charge in [-0.1, -0.05) is 18.2 Å². The van der Waals surface area contributed by atoms with Crippen molar-refractivity contribution in [1.29, 1.82) is 0 Å². The largest absolute Gasteiger partial charge is 0.494 e. The Morgan fingerprint density at radius 2 is 2.15 bits per heavy atom. The van der Waals surface area contributed by atoms with Crippen molar-refractivity contribution in [3.05, 3.63) is 41.1 Å². The highest BCUT2D eigenvalue weighted by Gasteiger charge is 2.34. The van der Waals surface area contributed by atoms with Crippen LogP contribution in [0.25, 0.3) is 0 Å². The number of amides is 2. The van der Waals surface area contributed by atoms with Crippen LogP contribution in [0.3, 0.4) is 0 Å². The summed E-state index contributed by atoms with van der Waals surface area (Å²) in [6.07, 6.45) is 1.81. The fourth-order valence-corrected chi connectivity index (χ4v) is 3.23. The molecule has 3 rings (SSSR count). The molecule has 0 unspecified atom stereocenters. The maximum Gasteiger partial charge on any atom is 0.338 e. The number of benzene rings is 1. The lowest BCUT2D eigenvalue weighted by molar-refractivity contribution is -0.142. The van der Waals surface area contributed by atoms with E-state index in [2.05, 4.69) is 10.6 Å². The van der Waals surface area contributed by atoms with Gasteiger partial charge in [0.25, 0.3) is 0 Å². The molecule has 2 amide bonds. The van der Waals surface area contributed by atoms with Crippen LogP contribution in [0.2, 0.25) is 0 Å². The monoisotopic (exact) mass is 360 g/mol. The van der Waals surface area contributed by atoms with Gasteiger partial charge >= 0.3 is 12.0 Å². The Labute approximate surface area is 152 Å². The molecule has 0 spiro atoms. The Kier molecular flexibility index (Phi) is 5.78. The van der Waals surface area contributed by atoms with Gasteiger partial charge in [0.05, 0.1) is 24.3 Å². The zero-order chi connectivity index (χ0) is 18.5. The van der Waals surface area contributed by atoms with Gasteiger partial charge in [0.1, 0.15) is 12.4 Å². The average Bonchev–Trinajstić information content (AvgIpc) is 3.13. The molecule has 7 heteroatoms. The minimum Gasteiger partial charge on any atom is -0.494 e. The van der Waals surface area contributed by atoms with E-state index in [0.29, 0.717) is 35.8 Å². The van der Waals surface area contributed by atoms with Gasteiger partial charge in [-0.05, 0) is 32.8 Å². The molecule has 1 aromatic rings. The van der Waals surface area contributed by atoms with E-state index < -0.39 is 12.0 Å². The number of carbonyl (C=O) groups excluding carboxylic acids is 2. The summed E-state index contributed by atoms with van der Waals surface area (Å²) in [5, 5.41) is 5.45. The molecule has 2 aliphatic heterocycles. The highest BCUT2D eigenvalue weighted by molar-refractivity contribution is 5.95. The molecule has 0 bridgehead atoms. The summed E-state index contributed by atoms with van der Waals surface area (Å²) >= 11 is 0. The zero-order valence-corrected chi connectivity index (χ0v) is 15.0. The van der Waals surface area contributed by atoms with E-state index in [-0.39, 0.29) is 18.7 Å². The number of nitrogens with one attached hydrogen (secondary N) is 2. The van der Waals surface area contributed by atoms with Crippen molar-refractivity contribution >= 4 is 12.0 Å². The Morgan fingerprint density at radius 3 is 2.88 bits per heavy atom. The summed E-state index contributed by atoms with van der Waals surface area (Å²) in [6.45, 7) is 4.97. The highest BCUT2D eigenvalue weighted by atomic mass is 16.6. The van der Waals surface area contributed by atoms with Gasteiger partial charge in [-0.2, -0.15) is 0 Å². The zero-order valence-electron chi connectivity index (χ0n) is 15.0. The summed E-state index contributed by atoms with van der Waals surface area (Å²) < 4.78 is 16.6.